The highest BCUT2D eigenvalue weighted by Gasteiger charge is 2.28. The summed E-state index contributed by atoms with van der Waals surface area (Å²) in [5.41, 5.74) is 0.445. The summed E-state index contributed by atoms with van der Waals surface area (Å²) in [7, 11) is 0. The Morgan fingerprint density at radius 2 is 1.87 bits per heavy atom. The van der Waals surface area contributed by atoms with Crippen molar-refractivity contribution in [2.75, 3.05) is 26.3 Å². The van der Waals surface area contributed by atoms with Crippen LogP contribution in [0.25, 0.3) is 0 Å². The summed E-state index contributed by atoms with van der Waals surface area (Å²) in [5.74, 6) is 0. The minimum absolute atomic E-state index is 0.177. The molecule has 0 saturated carbocycles. The molecule has 1 heterocycles. The lowest BCUT2D eigenvalue weighted by atomic mass is 9.91. The number of hydrogen-bond acceptors (Lipinski definition) is 3. The summed E-state index contributed by atoms with van der Waals surface area (Å²) in [6.07, 6.45) is 2.24. The van der Waals surface area contributed by atoms with Gasteiger partial charge in [0.1, 0.15) is 0 Å². The lowest BCUT2D eigenvalue weighted by molar-refractivity contribution is 0.0428. The predicted molar refractivity (Wildman–Crippen MR) is 64.2 cm³/mol. The molecule has 0 bridgehead atoms. The summed E-state index contributed by atoms with van der Waals surface area (Å²) in [4.78, 5) is 0. The van der Waals surface area contributed by atoms with Gasteiger partial charge in [0.2, 0.25) is 0 Å². The molecule has 15 heavy (non-hydrogen) atoms. The van der Waals surface area contributed by atoms with Gasteiger partial charge in [-0.3, -0.25) is 0 Å². The van der Waals surface area contributed by atoms with Gasteiger partial charge in [0.15, 0.2) is 0 Å². The SMILES string of the molecule is CCNC(C)(C)CNC1(C)CCOCC1. The summed E-state index contributed by atoms with van der Waals surface area (Å²) < 4.78 is 5.39. The Balaban J connectivity index is 2.34. The molecule has 0 aromatic carbocycles. The minimum atomic E-state index is 0.177. The van der Waals surface area contributed by atoms with Crippen LogP contribution in [-0.2, 0) is 4.74 Å². The zero-order chi connectivity index (χ0) is 11.4. The third-order valence-corrected chi connectivity index (χ3v) is 3.21. The fourth-order valence-electron chi connectivity index (χ4n) is 1.97. The minimum Gasteiger partial charge on any atom is -0.381 e. The van der Waals surface area contributed by atoms with Gasteiger partial charge in [0.25, 0.3) is 0 Å². The Morgan fingerprint density at radius 1 is 1.27 bits per heavy atom. The van der Waals surface area contributed by atoms with E-state index in [1.165, 1.54) is 0 Å². The molecule has 2 N–H and O–H groups in total. The van der Waals surface area contributed by atoms with Crippen molar-refractivity contribution in [1.82, 2.24) is 10.6 Å². The van der Waals surface area contributed by atoms with E-state index in [9.17, 15) is 0 Å². The standard InChI is InChI=1S/C12H26N2O/c1-5-13-11(2,3)10-14-12(4)6-8-15-9-7-12/h13-14H,5-10H2,1-4H3. The van der Waals surface area contributed by atoms with Gasteiger partial charge in [-0.05, 0) is 40.2 Å². The fraction of sp³-hybridized carbons (Fsp3) is 1.00. The second kappa shape index (κ2) is 5.28. The van der Waals surface area contributed by atoms with E-state index in [2.05, 4.69) is 38.3 Å². The zero-order valence-electron chi connectivity index (χ0n) is 10.7. The van der Waals surface area contributed by atoms with E-state index in [-0.39, 0.29) is 11.1 Å². The van der Waals surface area contributed by atoms with E-state index in [4.69, 9.17) is 4.74 Å². The Morgan fingerprint density at radius 3 is 2.40 bits per heavy atom. The van der Waals surface area contributed by atoms with Gasteiger partial charge in [0.05, 0.1) is 0 Å². The van der Waals surface area contributed by atoms with Crippen molar-refractivity contribution in [2.45, 2.75) is 51.6 Å². The first-order valence-corrected chi connectivity index (χ1v) is 6.05. The highest BCUT2D eigenvalue weighted by atomic mass is 16.5. The van der Waals surface area contributed by atoms with Crippen molar-refractivity contribution in [3.8, 4) is 0 Å². The molecule has 3 heteroatoms. The first kappa shape index (κ1) is 12.9. The van der Waals surface area contributed by atoms with Gasteiger partial charge in [0, 0.05) is 30.8 Å². The van der Waals surface area contributed by atoms with Gasteiger partial charge in [-0.1, -0.05) is 6.92 Å². The van der Waals surface area contributed by atoms with Gasteiger partial charge in [-0.15, -0.1) is 0 Å². The van der Waals surface area contributed by atoms with Crippen LogP contribution in [0.15, 0.2) is 0 Å². The molecule has 0 spiro atoms. The maximum atomic E-state index is 5.39. The van der Waals surface area contributed by atoms with Gasteiger partial charge >= 0.3 is 0 Å². The number of ether oxygens (including phenoxy) is 1. The molecule has 3 nitrogen and oxygen atoms in total. The lowest BCUT2D eigenvalue weighted by Crippen LogP contribution is -2.55. The number of likely N-dealkylation sites (N-methyl/N-ethyl adjacent to an activating group) is 1. The average molecular weight is 214 g/mol. The van der Waals surface area contributed by atoms with Crippen LogP contribution in [0.1, 0.15) is 40.5 Å². The smallest absolute Gasteiger partial charge is 0.0483 e. The van der Waals surface area contributed by atoms with E-state index in [1.54, 1.807) is 0 Å². The van der Waals surface area contributed by atoms with Crippen molar-refractivity contribution in [3.05, 3.63) is 0 Å². The molecule has 0 amide bonds. The van der Waals surface area contributed by atoms with Crippen LogP contribution < -0.4 is 10.6 Å². The monoisotopic (exact) mass is 214 g/mol. The van der Waals surface area contributed by atoms with Crippen LogP contribution in [0.4, 0.5) is 0 Å². The van der Waals surface area contributed by atoms with E-state index in [1.807, 2.05) is 0 Å². The third-order valence-electron chi connectivity index (χ3n) is 3.21. The zero-order valence-corrected chi connectivity index (χ0v) is 10.7. The summed E-state index contributed by atoms with van der Waals surface area (Å²) in [6, 6.07) is 0. The van der Waals surface area contributed by atoms with Crippen LogP contribution in [-0.4, -0.2) is 37.4 Å². The van der Waals surface area contributed by atoms with Gasteiger partial charge < -0.3 is 15.4 Å². The molecule has 0 atom stereocenters. The highest BCUT2D eigenvalue weighted by Crippen LogP contribution is 2.20. The maximum Gasteiger partial charge on any atom is 0.0483 e. The molecule has 0 aromatic heterocycles. The highest BCUT2D eigenvalue weighted by molar-refractivity contribution is 4.90. The van der Waals surface area contributed by atoms with Crippen molar-refractivity contribution in [2.24, 2.45) is 0 Å². The van der Waals surface area contributed by atoms with Crippen molar-refractivity contribution < 1.29 is 4.74 Å². The maximum absolute atomic E-state index is 5.39. The van der Waals surface area contributed by atoms with Crippen molar-refractivity contribution >= 4 is 0 Å². The predicted octanol–water partition coefficient (Wildman–Crippen LogP) is 1.53. The van der Waals surface area contributed by atoms with Crippen LogP contribution in [0.3, 0.4) is 0 Å². The van der Waals surface area contributed by atoms with Crippen LogP contribution in [0.5, 0.6) is 0 Å². The van der Waals surface area contributed by atoms with E-state index < -0.39 is 0 Å². The molecule has 1 aliphatic rings. The molecule has 1 saturated heterocycles. The molecule has 0 unspecified atom stereocenters. The summed E-state index contributed by atoms with van der Waals surface area (Å²) in [5, 5.41) is 7.17. The van der Waals surface area contributed by atoms with Crippen LogP contribution in [0.2, 0.25) is 0 Å². The van der Waals surface area contributed by atoms with E-state index >= 15 is 0 Å². The Kier molecular flexibility index (Phi) is 4.56. The molecule has 90 valence electrons. The molecular weight excluding hydrogens is 188 g/mol. The molecule has 0 aromatic rings. The first-order chi connectivity index (χ1) is 6.97. The van der Waals surface area contributed by atoms with Crippen molar-refractivity contribution in [3.63, 3.8) is 0 Å². The first-order valence-electron chi connectivity index (χ1n) is 6.05. The lowest BCUT2D eigenvalue weighted by Gasteiger charge is -2.38. The van der Waals surface area contributed by atoms with E-state index in [0.29, 0.717) is 0 Å². The second-order valence-electron chi connectivity index (χ2n) is 5.44. The third kappa shape index (κ3) is 4.49. The van der Waals surface area contributed by atoms with Crippen LogP contribution in [0, 0.1) is 0 Å². The molecular formula is C12H26N2O. The van der Waals surface area contributed by atoms with Crippen molar-refractivity contribution in [1.29, 1.82) is 0 Å². The second-order valence-corrected chi connectivity index (χ2v) is 5.44. The fourth-order valence-corrected chi connectivity index (χ4v) is 1.97. The largest absolute Gasteiger partial charge is 0.381 e. The van der Waals surface area contributed by atoms with Gasteiger partial charge in [-0.25, -0.2) is 0 Å². The normalized spacial score (nSPS) is 21.6. The van der Waals surface area contributed by atoms with Gasteiger partial charge in [-0.2, -0.15) is 0 Å². The van der Waals surface area contributed by atoms with Crippen LogP contribution >= 0.6 is 0 Å². The Labute approximate surface area is 94.0 Å². The number of nitrogens with one attached hydrogen (secondary N) is 2. The summed E-state index contributed by atoms with van der Waals surface area (Å²) >= 11 is 0. The Hall–Kier alpha value is -0.120. The molecule has 1 aliphatic heterocycles. The molecule has 1 fully saturated rings. The number of hydrogen-bond donors (Lipinski definition) is 2. The molecule has 1 rings (SSSR count). The van der Waals surface area contributed by atoms with E-state index in [0.717, 1.165) is 39.1 Å². The average Bonchev–Trinajstić information content (AvgIpc) is 2.17. The topological polar surface area (TPSA) is 33.3 Å². The summed E-state index contributed by atoms with van der Waals surface area (Å²) in [6.45, 7) is 12.8. The Bertz CT molecular complexity index is 186. The number of rotatable bonds is 5. The molecule has 0 aliphatic carbocycles. The molecule has 0 radical (unpaired) electrons. The quantitative estimate of drug-likeness (QED) is 0.728.